The monoisotopic (exact) mass is 496 g/mol. The van der Waals surface area contributed by atoms with E-state index in [2.05, 4.69) is 30.5 Å². The second kappa shape index (κ2) is 9.40. The molecular weight excluding hydrogens is 469 g/mol. The number of pyridine rings is 1. The molecule has 10 heteroatoms. The third-order valence-electron chi connectivity index (χ3n) is 6.87. The molecule has 7 nitrogen and oxygen atoms in total. The number of aryl methyl sites for hydroxylation is 1. The van der Waals surface area contributed by atoms with Crippen molar-refractivity contribution >= 4 is 23.4 Å². The van der Waals surface area contributed by atoms with Crippen LogP contribution in [0, 0.1) is 6.92 Å². The van der Waals surface area contributed by atoms with Crippen molar-refractivity contribution in [2.45, 2.75) is 50.7 Å². The summed E-state index contributed by atoms with van der Waals surface area (Å²) in [6, 6.07) is 10.5. The number of alkyl halides is 3. The zero-order valence-electron chi connectivity index (χ0n) is 19.9. The highest BCUT2D eigenvalue weighted by molar-refractivity contribution is 5.78. The van der Waals surface area contributed by atoms with Crippen molar-refractivity contribution in [3.05, 3.63) is 60.0 Å². The van der Waals surface area contributed by atoms with Crippen molar-refractivity contribution < 1.29 is 18.0 Å². The molecule has 0 unspecified atom stereocenters. The molecule has 0 aliphatic carbocycles. The standard InChI is InChI=1S/C26H27F3N6O/c1-17-13-19(15-20(14-17)32-24-31-10-5-21(33-24)26(27,28)29)18-4-9-30-22(16-18)35-11-7-25(8-12-35)6-2-3-23(36)34-25/h4-5,9-10,13-16H,2-3,6-8,11-12H2,1H3,(H,34,36)(H,31,32,33). The van der Waals surface area contributed by atoms with Crippen molar-refractivity contribution in [2.24, 2.45) is 0 Å². The van der Waals surface area contributed by atoms with Gasteiger partial charge in [-0.15, -0.1) is 0 Å². The number of carbonyl (C=O) groups excluding carboxylic acids is 1. The Balaban J connectivity index is 1.34. The molecule has 1 aromatic carbocycles. The molecule has 1 spiro atoms. The van der Waals surface area contributed by atoms with Crippen LogP contribution in [0.3, 0.4) is 0 Å². The lowest BCUT2D eigenvalue weighted by molar-refractivity contribution is -0.141. The number of carbonyl (C=O) groups is 1. The summed E-state index contributed by atoms with van der Waals surface area (Å²) < 4.78 is 39.1. The maximum Gasteiger partial charge on any atom is 0.433 e. The Bertz CT molecular complexity index is 1270. The first-order valence-corrected chi connectivity index (χ1v) is 12.0. The van der Waals surface area contributed by atoms with Crippen LogP contribution < -0.4 is 15.5 Å². The summed E-state index contributed by atoms with van der Waals surface area (Å²) in [5.74, 6) is 0.893. The van der Waals surface area contributed by atoms with E-state index < -0.39 is 11.9 Å². The van der Waals surface area contributed by atoms with Crippen LogP contribution in [0.15, 0.2) is 48.8 Å². The molecule has 36 heavy (non-hydrogen) atoms. The highest BCUT2D eigenvalue weighted by Crippen LogP contribution is 2.34. The van der Waals surface area contributed by atoms with Gasteiger partial charge >= 0.3 is 6.18 Å². The molecule has 2 aromatic heterocycles. The number of benzene rings is 1. The summed E-state index contributed by atoms with van der Waals surface area (Å²) in [7, 11) is 0. The highest BCUT2D eigenvalue weighted by atomic mass is 19.4. The molecule has 2 N–H and O–H groups in total. The molecular formula is C26H27F3N6O. The van der Waals surface area contributed by atoms with Gasteiger partial charge in [0.25, 0.3) is 0 Å². The van der Waals surface area contributed by atoms with Crippen molar-refractivity contribution in [3.8, 4) is 11.1 Å². The smallest absolute Gasteiger partial charge is 0.356 e. The Labute approximate surface area is 207 Å². The van der Waals surface area contributed by atoms with E-state index in [1.807, 2.05) is 37.3 Å². The van der Waals surface area contributed by atoms with E-state index in [9.17, 15) is 18.0 Å². The summed E-state index contributed by atoms with van der Waals surface area (Å²) in [6.45, 7) is 3.54. The van der Waals surface area contributed by atoms with Gasteiger partial charge in [0.2, 0.25) is 11.9 Å². The van der Waals surface area contributed by atoms with E-state index in [1.165, 1.54) is 0 Å². The summed E-state index contributed by atoms with van der Waals surface area (Å²) in [4.78, 5) is 26.3. The summed E-state index contributed by atoms with van der Waals surface area (Å²) in [5.41, 5.74) is 2.29. The van der Waals surface area contributed by atoms with Crippen LogP contribution in [0.4, 0.5) is 30.6 Å². The lowest BCUT2D eigenvalue weighted by Gasteiger charge is -2.45. The molecule has 1 amide bonds. The quantitative estimate of drug-likeness (QED) is 0.514. The fourth-order valence-corrected chi connectivity index (χ4v) is 5.05. The number of hydrogen-bond acceptors (Lipinski definition) is 6. The third-order valence-corrected chi connectivity index (χ3v) is 6.87. The van der Waals surface area contributed by atoms with Crippen LogP contribution in [0.5, 0.6) is 0 Å². The average molecular weight is 497 g/mol. The van der Waals surface area contributed by atoms with Gasteiger partial charge in [-0.1, -0.05) is 6.07 Å². The minimum absolute atomic E-state index is 0.0912. The van der Waals surface area contributed by atoms with Gasteiger partial charge in [-0.05, 0) is 79.6 Å². The SMILES string of the molecule is Cc1cc(Nc2nccc(C(F)(F)F)n2)cc(-c2ccnc(N3CCC4(CCCC(=O)N4)CC3)c2)c1. The highest BCUT2D eigenvalue weighted by Gasteiger charge is 2.38. The molecule has 4 heterocycles. The number of rotatable bonds is 4. The number of piperidine rings is 2. The normalized spacial score (nSPS) is 17.7. The molecule has 2 aliphatic heterocycles. The summed E-state index contributed by atoms with van der Waals surface area (Å²) in [5, 5.41) is 6.12. The first-order chi connectivity index (χ1) is 17.2. The second-order valence-electron chi connectivity index (χ2n) is 9.55. The Morgan fingerprint density at radius 2 is 1.78 bits per heavy atom. The lowest BCUT2D eigenvalue weighted by atomic mass is 9.80. The molecule has 3 aromatic rings. The fraction of sp³-hybridized carbons (Fsp3) is 0.385. The Morgan fingerprint density at radius 3 is 2.53 bits per heavy atom. The van der Waals surface area contributed by atoms with Crippen LogP contribution >= 0.6 is 0 Å². The number of nitrogens with one attached hydrogen (secondary N) is 2. The fourth-order valence-electron chi connectivity index (χ4n) is 5.05. The third kappa shape index (κ3) is 5.27. The molecule has 5 rings (SSSR count). The Morgan fingerprint density at radius 1 is 1.00 bits per heavy atom. The number of aromatic nitrogens is 3. The van der Waals surface area contributed by atoms with E-state index in [-0.39, 0.29) is 17.4 Å². The van der Waals surface area contributed by atoms with Gasteiger partial charge in [0.1, 0.15) is 11.5 Å². The van der Waals surface area contributed by atoms with Crippen molar-refractivity contribution in [1.29, 1.82) is 0 Å². The van der Waals surface area contributed by atoms with Gasteiger partial charge in [0, 0.05) is 43.1 Å². The van der Waals surface area contributed by atoms with E-state index in [0.717, 1.165) is 73.5 Å². The van der Waals surface area contributed by atoms with Gasteiger partial charge in [-0.3, -0.25) is 4.79 Å². The van der Waals surface area contributed by atoms with Gasteiger partial charge < -0.3 is 15.5 Å². The topological polar surface area (TPSA) is 83.0 Å². The maximum atomic E-state index is 13.0. The Kier molecular flexibility index (Phi) is 6.27. The van der Waals surface area contributed by atoms with E-state index in [1.54, 1.807) is 6.20 Å². The van der Waals surface area contributed by atoms with Gasteiger partial charge in [-0.25, -0.2) is 15.0 Å². The predicted octanol–water partition coefficient (Wildman–Crippen LogP) is 5.25. The maximum absolute atomic E-state index is 13.0. The Hall–Kier alpha value is -3.69. The number of amides is 1. The zero-order valence-corrected chi connectivity index (χ0v) is 19.9. The van der Waals surface area contributed by atoms with Gasteiger partial charge in [0.05, 0.1) is 0 Å². The average Bonchev–Trinajstić information content (AvgIpc) is 2.84. The van der Waals surface area contributed by atoms with Crippen LogP contribution in [-0.4, -0.2) is 39.5 Å². The first-order valence-electron chi connectivity index (χ1n) is 12.0. The molecule has 188 valence electrons. The van der Waals surface area contributed by atoms with Crippen molar-refractivity contribution in [2.75, 3.05) is 23.3 Å². The van der Waals surface area contributed by atoms with Crippen molar-refractivity contribution in [3.63, 3.8) is 0 Å². The minimum atomic E-state index is -4.54. The van der Waals surface area contributed by atoms with Gasteiger partial charge in [0.15, 0.2) is 0 Å². The lowest BCUT2D eigenvalue weighted by Crippen LogP contribution is -2.57. The summed E-state index contributed by atoms with van der Waals surface area (Å²) in [6.07, 6.45) is 2.67. The van der Waals surface area contributed by atoms with Crippen LogP contribution in [0.1, 0.15) is 43.4 Å². The zero-order chi connectivity index (χ0) is 25.3. The van der Waals surface area contributed by atoms with E-state index in [4.69, 9.17) is 0 Å². The largest absolute Gasteiger partial charge is 0.433 e. The van der Waals surface area contributed by atoms with Crippen LogP contribution in [0.25, 0.3) is 11.1 Å². The number of anilines is 3. The molecule has 2 fully saturated rings. The molecule has 2 aliphatic rings. The van der Waals surface area contributed by atoms with E-state index in [0.29, 0.717) is 12.1 Å². The van der Waals surface area contributed by atoms with Crippen LogP contribution in [0.2, 0.25) is 0 Å². The molecule has 0 radical (unpaired) electrons. The number of nitrogens with zero attached hydrogens (tertiary/aromatic N) is 4. The molecule has 0 atom stereocenters. The molecule has 0 bridgehead atoms. The predicted molar refractivity (Wildman–Crippen MR) is 131 cm³/mol. The number of hydrogen-bond donors (Lipinski definition) is 2. The molecule has 0 saturated carbocycles. The van der Waals surface area contributed by atoms with E-state index >= 15 is 0 Å². The molecule has 2 saturated heterocycles. The number of halogens is 3. The first kappa shape index (κ1) is 24.0. The van der Waals surface area contributed by atoms with Crippen LogP contribution in [-0.2, 0) is 11.0 Å². The minimum Gasteiger partial charge on any atom is -0.356 e. The second-order valence-corrected chi connectivity index (χ2v) is 9.55. The van der Waals surface area contributed by atoms with Gasteiger partial charge in [-0.2, -0.15) is 13.2 Å². The summed E-state index contributed by atoms with van der Waals surface area (Å²) >= 11 is 0. The van der Waals surface area contributed by atoms with Crippen molar-refractivity contribution in [1.82, 2.24) is 20.3 Å².